The van der Waals surface area contributed by atoms with Crippen molar-refractivity contribution in [3.63, 3.8) is 0 Å². The molecule has 0 heterocycles. The van der Waals surface area contributed by atoms with Gasteiger partial charge in [-0.3, -0.25) is 0 Å². The first-order chi connectivity index (χ1) is 14.6. The normalized spacial score (nSPS) is 19.9. The first-order valence-electron chi connectivity index (χ1n) is 10.9. The number of nitrogens with one attached hydrogen (secondary N) is 1. The number of fused-ring (bicyclic) bond motifs is 2. The van der Waals surface area contributed by atoms with Gasteiger partial charge >= 0.3 is 6.09 Å². The quantitative estimate of drug-likeness (QED) is 0.396. The van der Waals surface area contributed by atoms with Crippen LogP contribution in [0, 0.1) is 0 Å². The maximum atomic E-state index is 11.9. The van der Waals surface area contributed by atoms with Crippen molar-refractivity contribution in [2.45, 2.75) is 77.0 Å². The summed E-state index contributed by atoms with van der Waals surface area (Å²) in [6.45, 7) is 5.62. The van der Waals surface area contributed by atoms with Crippen molar-refractivity contribution in [3.8, 4) is 0 Å². The SMILES string of the molecule is CC(C)(C)OC(=O)NC1CCCc2cc(Br)ccc21.NC1CCCc2cc(Br)ccc21. The highest BCUT2D eigenvalue weighted by Crippen LogP contribution is 2.32. The van der Waals surface area contributed by atoms with E-state index in [1.165, 1.54) is 35.1 Å². The van der Waals surface area contributed by atoms with Gasteiger partial charge in [-0.15, -0.1) is 0 Å². The summed E-state index contributed by atoms with van der Waals surface area (Å²) in [6, 6.07) is 13.0. The monoisotopic (exact) mass is 550 g/mol. The Kier molecular flexibility index (Phi) is 8.22. The Morgan fingerprint density at radius 1 is 0.968 bits per heavy atom. The number of aryl methyl sites for hydroxylation is 2. The van der Waals surface area contributed by atoms with E-state index in [1.807, 2.05) is 26.8 Å². The van der Waals surface area contributed by atoms with E-state index in [1.54, 1.807) is 0 Å². The first-order valence-corrected chi connectivity index (χ1v) is 12.5. The van der Waals surface area contributed by atoms with Gasteiger partial charge in [0.15, 0.2) is 0 Å². The number of ether oxygens (including phenoxy) is 1. The number of amides is 1. The van der Waals surface area contributed by atoms with Crippen LogP contribution in [-0.2, 0) is 17.6 Å². The third-order valence-electron chi connectivity index (χ3n) is 5.58. The summed E-state index contributed by atoms with van der Waals surface area (Å²) in [6.07, 6.45) is 6.33. The molecule has 0 spiro atoms. The van der Waals surface area contributed by atoms with Crippen molar-refractivity contribution in [2.75, 3.05) is 0 Å². The van der Waals surface area contributed by atoms with Crippen molar-refractivity contribution in [2.24, 2.45) is 5.73 Å². The standard InChI is InChI=1S/C15H20BrNO2.C10H12BrN/c1-15(2,3)19-14(18)17-13-6-4-5-10-9-11(16)7-8-12(10)13;11-8-4-5-9-7(6-8)2-1-3-10(9)12/h7-9,13H,4-6H2,1-3H3,(H,17,18);4-6,10H,1-3,12H2. The Morgan fingerprint density at radius 3 is 2.13 bits per heavy atom. The second-order valence-corrected chi connectivity index (χ2v) is 11.1. The predicted octanol–water partition coefficient (Wildman–Crippen LogP) is 7.14. The molecule has 0 aliphatic heterocycles. The van der Waals surface area contributed by atoms with Crippen molar-refractivity contribution < 1.29 is 9.53 Å². The molecule has 2 atom stereocenters. The molecule has 4 nitrogen and oxygen atoms in total. The predicted molar refractivity (Wildman–Crippen MR) is 133 cm³/mol. The number of rotatable bonds is 1. The van der Waals surface area contributed by atoms with E-state index in [0.29, 0.717) is 0 Å². The summed E-state index contributed by atoms with van der Waals surface area (Å²) < 4.78 is 7.57. The highest BCUT2D eigenvalue weighted by atomic mass is 79.9. The third-order valence-corrected chi connectivity index (χ3v) is 6.56. The Labute approximate surface area is 202 Å². The Morgan fingerprint density at radius 2 is 1.52 bits per heavy atom. The molecule has 0 saturated carbocycles. The molecule has 3 N–H and O–H groups in total. The van der Waals surface area contributed by atoms with Gasteiger partial charge in [0.05, 0.1) is 6.04 Å². The lowest BCUT2D eigenvalue weighted by atomic mass is 9.88. The van der Waals surface area contributed by atoms with Gasteiger partial charge in [-0.1, -0.05) is 44.0 Å². The Balaban J connectivity index is 0.000000194. The van der Waals surface area contributed by atoms with Gasteiger partial charge in [-0.2, -0.15) is 0 Å². The molecule has 6 heteroatoms. The zero-order valence-electron chi connectivity index (χ0n) is 18.5. The van der Waals surface area contributed by atoms with E-state index in [0.717, 1.165) is 34.6 Å². The largest absolute Gasteiger partial charge is 0.444 e. The summed E-state index contributed by atoms with van der Waals surface area (Å²) >= 11 is 6.96. The Hall–Kier alpha value is -1.37. The molecular formula is C25H32Br2N2O2. The number of carbonyl (C=O) groups excluding carboxylic acids is 1. The highest BCUT2D eigenvalue weighted by molar-refractivity contribution is 9.10. The molecule has 0 saturated heterocycles. The van der Waals surface area contributed by atoms with Crippen molar-refractivity contribution in [1.82, 2.24) is 5.32 Å². The van der Waals surface area contributed by atoms with E-state index in [2.05, 4.69) is 67.5 Å². The van der Waals surface area contributed by atoms with E-state index >= 15 is 0 Å². The van der Waals surface area contributed by atoms with Gasteiger partial charge in [0.1, 0.15) is 5.60 Å². The van der Waals surface area contributed by atoms with E-state index < -0.39 is 5.60 Å². The molecule has 2 aromatic rings. The number of alkyl carbamates (subject to hydrolysis) is 1. The maximum Gasteiger partial charge on any atom is 0.408 e. The number of nitrogens with two attached hydrogens (primary N) is 1. The van der Waals surface area contributed by atoms with Crippen molar-refractivity contribution in [1.29, 1.82) is 0 Å². The van der Waals surface area contributed by atoms with Crippen LogP contribution in [-0.4, -0.2) is 11.7 Å². The minimum Gasteiger partial charge on any atom is -0.444 e. The van der Waals surface area contributed by atoms with Crippen LogP contribution in [0.3, 0.4) is 0 Å². The van der Waals surface area contributed by atoms with Gasteiger partial charge in [0, 0.05) is 15.0 Å². The molecule has 0 fully saturated rings. The number of benzene rings is 2. The molecule has 2 unspecified atom stereocenters. The van der Waals surface area contributed by atoms with Crippen LogP contribution >= 0.6 is 31.9 Å². The summed E-state index contributed by atoms with van der Waals surface area (Å²) in [5.74, 6) is 0. The lowest BCUT2D eigenvalue weighted by Gasteiger charge is -2.28. The number of hydrogen-bond donors (Lipinski definition) is 2. The third kappa shape index (κ3) is 7.06. The molecule has 2 aromatic carbocycles. The van der Waals surface area contributed by atoms with E-state index in [-0.39, 0.29) is 18.2 Å². The van der Waals surface area contributed by atoms with Crippen LogP contribution in [0.25, 0.3) is 0 Å². The first kappa shape index (κ1) is 24.3. The summed E-state index contributed by atoms with van der Waals surface area (Å²) in [5.41, 5.74) is 10.8. The van der Waals surface area contributed by atoms with Crippen molar-refractivity contribution in [3.05, 3.63) is 67.6 Å². The van der Waals surface area contributed by atoms with Gasteiger partial charge in [-0.05, 0) is 106 Å². The average Bonchev–Trinajstić information content (AvgIpc) is 2.67. The smallest absolute Gasteiger partial charge is 0.408 e. The minimum atomic E-state index is -0.457. The van der Waals surface area contributed by atoms with Gasteiger partial charge < -0.3 is 15.8 Å². The van der Waals surface area contributed by atoms with E-state index in [4.69, 9.17) is 10.5 Å². The van der Waals surface area contributed by atoms with Crippen LogP contribution in [0.4, 0.5) is 4.79 Å². The average molecular weight is 552 g/mol. The molecule has 1 amide bonds. The zero-order valence-corrected chi connectivity index (χ0v) is 21.7. The molecular weight excluding hydrogens is 520 g/mol. The fourth-order valence-corrected chi connectivity index (χ4v) is 5.02. The minimum absolute atomic E-state index is 0.0618. The fraction of sp³-hybridized carbons (Fsp3) is 0.480. The molecule has 2 aliphatic rings. The van der Waals surface area contributed by atoms with Crippen LogP contribution in [0.2, 0.25) is 0 Å². The van der Waals surface area contributed by atoms with Crippen LogP contribution in [0.5, 0.6) is 0 Å². The maximum absolute atomic E-state index is 11.9. The van der Waals surface area contributed by atoms with E-state index in [9.17, 15) is 4.79 Å². The molecule has 0 aromatic heterocycles. The second-order valence-electron chi connectivity index (χ2n) is 9.28. The number of carbonyl (C=O) groups is 1. The van der Waals surface area contributed by atoms with Gasteiger partial charge in [0.2, 0.25) is 0 Å². The summed E-state index contributed by atoms with van der Waals surface area (Å²) in [7, 11) is 0. The zero-order chi connectivity index (χ0) is 22.6. The molecule has 168 valence electrons. The molecule has 4 rings (SSSR count). The lowest BCUT2D eigenvalue weighted by molar-refractivity contribution is 0.0498. The highest BCUT2D eigenvalue weighted by Gasteiger charge is 2.24. The topological polar surface area (TPSA) is 64.3 Å². The fourth-order valence-electron chi connectivity index (χ4n) is 4.20. The Bertz CT molecular complexity index is 924. The van der Waals surface area contributed by atoms with Crippen LogP contribution < -0.4 is 11.1 Å². The van der Waals surface area contributed by atoms with Gasteiger partial charge in [0.25, 0.3) is 0 Å². The molecule has 0 bridgehead atoms. The summed E-state index contributed by atoms with van der Waals surface area (Å²) in [5, 5.41) is 2.97. The molecule has 0 radical (unpaired) electrons. The number of hydrogen-bond acceptors (Lipinski definition) is 3. The number of halogens is 2. The summed E-state index contributed by atoms with van der Waals surface area (Å²) in [4.78, 5) is 11.9. The van der Waals surface area contributed by atoms with Crippen LogP contribution in [0.1, 0.15) is 80.8 Å². The molecule has 31 heavy (non-hydrogen) atoms. The van der Waals surface area contributed by atoms with Crippen molar-refractivity contribution >= 4 is 38.0 Å². The molecule has 2 aliphatic carbocycles. The second kappa shape index (κ2) is 10.5. The van der Waals surface area contributed by atoms with Gasteiger partial charge in [-0.25, -0.2) is 4.79 Å². The van der Waals surface area contributed by atoms with Crippen LogP contribution in [0.15, 0.2) is 45.3 Å². The lowest BCUT2D eigenvalue weighted by Crippen LogP contribution is -2.36.